The molecule has 76 valence electrons. The van der Waals surface area contributed by atoms with Gasteiger partial charge in [-0.05, 0) is 37.5 Å². The average molecular weight is 303 g/mol. The molecule has 0 aliphatic carbocycles. The SMILES string of the molecule is Cc1cc(C2CC(I)CCO2)ccn1. The van der Waals surface area contributed by atoms with Crippen LogP contribution in [0.15, 0.2) is 18.3 Å². The van der Waals surface area contributed by atoms with Crippen molar-refractivity contribution in [2.24, 2.45) is 0 Å². The maximum Gasteiger partial charge on any atom is 0.0836 e. The van der Waals surface area contributed by atoms with Crippen molar-refractivity contribution in [1.82, 2.24) is 4.98 Å². The van der Waals surface area contributed by atoms with E-state index in [1.165, 1.54) is 12.0 Å². The van der Waals surface area contributed by atoms with Crippen LogP contribution in [0, 0.1) is 6.92 Å². The zero-order valence-electron chi connectivity index (χ0n) is 8.24. The molecule has 0 N–H and O–H groups in total. The summed E-state index contributed by atoms with van der Waals surface area (Å²) >= 11 is 2.51. The first kappa shape index (κ1) is 10.4. The molecule has 1 aromatic heterocycles. The number of aryl methyl sites for hydroxylation is 1. The smallest absolute Gasteiger partial charge is 0.0836 e. The lowest BCUT2D eigenvalue weighted by Crippen LogP contribution is -2.19. The van der Waals surface area contributed by atoms with Gasteiger partial charge in [0.2, 0.25) is 0 Å². The van der Waals surface area contributed by atoms with E-state index >= 15 is 0 Å². The van der Waals surface area contributed by atoms with Crippen LogP contribution in [0.4, 0.5) is 0 Å². The second-order valence-corrected chi connectivity index (χ2v) is 5.47. The number of aromatic nitrogens is 1. The maximum atomic E-state index is 5.76. The van der Waals surface area contributed by atoms with Crippen molar-refractivity contribution in [3.05, 3.63) is 29.6 Å². The summed E-state index contributed by atoms with van der Waals surface area (Å²) in [5.74, 6) is 0. The lowest BCUT2D eigenvalue weighted by molar-refractivity contribution is 0.0198. The summed E-state index contributed by atoms with van der Waals surface area (Å²) in [4.78, 5) is 4.20. The highest BCUT2D eigenvalue weighted by Gasteiger charge is 2.21. The van der Waals surface area contributed by atoms with Crippen LogP contribution in [-0.4, -0.2) is 15.5 Å². The predicted molar refractivity (Wildman–Crippen MR) is 64.7 cm³/mol. The van der Waals surface area contributed by atoms with Gasteiger partial charge in [-0.15, -0.1) is 0 Å². The molecule has 1 fully saturated rings. The van der Waals surface area contributed by atoms with Crippen molar-refractivity contribution in [3.63, 3.8) is 0 Å². The predicted octanol–water partition coefficient (Wildman–Crippen LogP) is 3.05. The van der Waals surface area contributed by atoms with Gasteiger partial charge in [-0.3, -0.25) is 4.98 Å². The van der Waals surface area contributed by atoms with E-state index in [4.69, 9.17) is 4.74 Å². The average Bonchev–Trinajstić information content (AvgIpc) is 2.18. The van der Waals surface area contributed by atoms with Crippen LogP contribution < -0.4 is 0 Å². The summed E-state index contributed by atoms with van der Waals surface area (Å²) in [6, 6.07) is 4.19. The first-order valence-corrected chi connectivity index (χ1v) is 6.18. The molecule has 0 radical (unpaired) electrons. The molecule has 1 saturated heterocycles. The summed E-state index contributed by atoms with van der Waals surface area (Å²) in [5.41, 5.74) is 2.35. The number of halogens is 1. The Labute approximate surface area is 98.2 Å². The molecule has 0 aromatic carbocycles. The molecule has 2 heterocycles. The molecule has 1 aliphatic heterocycles. The van der Waals surface area contributed by atoms with Crippen LogP contribution in [0.5, 0.6) is 0 Å². The summed E-state index contributed by atoms with van der Waals surface area (Å²) in [7, 11) is 0. The van der Waals surface area contributed by atoms with E-state index in [0.29, 0.717) is 0 Å². The fourth-order valence-electron chi connectivity index (χ4n) is 1.76. The van der Waals surface area contributed by atoms with Gasteiger partial charge in [-0.25, -0.2) is 0 Å². The molecule has 1 aliphatic rings. The van der Waals surface area contributed by atoms with Crippen LogP contribution in [0.2, 0.25) is 0 Å². The molecule has 3 heteroatoms. The number of hydrogen-bond acceptors (Lipinski definition) is 2. The molecule has 0 saturated carbocycles. The molecule has 2 unspecified atom stereocenters. The number of pyridine rings is 1. The molecule has 0 spiro atoms. The second-order valence-electron chi connectivity index (χ2n) is 3.71. The van der Waals surface area contributed by atoms with Crippen molar-refractivity contribution in [1.29, 1.82) is 0 Å². The van der Waals surface area contributed by atoms with Gasteiger partial charge in [0.05, 0.1) is 6.10 Å². The van der Waals surface area contributed by atoms with E-state index < -0.39 is 0 Å². The highest BCUT2D eigenvalue weighted by Crippen LogP contribution is 2.31. The molecular formula is C11H14INO. The number of rotatable bonds is 1. The summed E-state index contributed by atoms with van der Waals surface area (Å²) < 4.78 is 6.51. The topological polar surface area (TPSA) is 22.1 Å². The van der Waals surface area contributed by atoms with Crippen LogP contribution in [0.1, 0.15) is 30.2 Å². The third-order valence-electron chi connectivity index (χ3n) is 2.51. The van der Waals surface area contributed by atoms with Gasteiger partial charge in [0.25, 0.3) is 0 Å². The molecule has 14 heavy (non-hydrogen) atoms. The van der Waals surface area contributed by atoms with Crippen molar-refractivity contribution < 1.29 is 4.74 Å². The standard InChI is InChI=1S/C11H14INO/c1-8-6-9(2-4-13-8)11-7-10(12)3-5-14-11/h2,4,6,10-11H,3,5,7H2,1H3. The normalized spacial score (nSPS) is 27.6. The fourth-order valence-corrected chi connectivity index (χ4v) is 2.47. The lowest BCUT2D eigenvalue weighted by atomic mass is 10.0. The Balaban J connectivity index is 2.14. The van der Waals surface area contributed by atoms with Crippen molar-refractivity contribution in [3.8, 4) is 0 Å². The van der Waals surface area contributed by atoms with Crippen LogP contribution >= 0.6 is 22.6 Å². The monoisotopic (exact) mass is 303 g/mol. The van der Waals surface area contributed by atoms with Gasteiger partial charge < -0.3 is 4.74 Å². The lowest BCUT2D eigenvalue weighted by Gasteiger charge is -2.26. The Hall–Kier alpha value is -0.160. The van der Waals surface area contributed by atoms with Gasteiger partial charge in [0.15, 0.2) is 0 Å². The molecule has 2 rings (SSSR count). The van der Waals surface area contributed by atoms with E-state index in [0.717, 1.165) is 22.6 Å². The minimum atomic E-state index is 0.285. The van der Waals surface area contributed by atoms with Crippen molar-refractivity contribution in [2.75, 3.05) is 6.61 Å². The third-order valence-corrected chi connectivity index (χ3v) is 3.64. The molecule has 1 aromatic rings. The van der Waals surface area contributed by atoms with Gasteiger partial charge in [0.1, 0.15) is 0 Å². The summed E-state index contributed by atoms with van der Waals surface area (Å²) in [6.07, 6.45) is 4.46. The number of alkyl halides is 1. The van der Waals surface area contributed by atoms with Crippen LogP contribution in [0.25, 0.3) is 0 Å². The number of hydrogen-bond donors (Lipinski definition) is 0. The quantitative estimate of drug-likeness (QED) is 0.587. The van der Waals surface area contributed by atoms with E-state index in [9.17, 15) is 0 Å². The molecule has 0 amide bonds. The zero-order chi connectivity index (χ0) is 9.97. The Kier molecular flexibility index (Phi) is 3.38. The Morgan fingerprint density at radius 1 is 1.57 bits per heavy atom. The molecule has 0 bridgehead atoms. The second kappa shape index (κ2) is 4.57. The number of nitrogens with zero attached hydrogens (tertiary/aromatic N) is 1. The molecule has 2 atom stereocenters. The highest BCUT2D eigenvalue weighted by molar-refractivity contribution is 14.1. The minimum absolute atomic E-state index is 0.285. The zero-order valence-corrected chi connectivity index (χ0v) is 10.4. The first-order valence-electron chi connectivity index (χ1n) is 4.94. The Bertz CT molecular complexity index is 316. The largest absolute Gasteiger partial charge is 0.373 e. The van der Waals surface area contributed by atoms with E-state index in [2.05, 4.69) is 39.7 Å². The van der Waals surface area contributed by atoms with Crippen LogP contribution in [0.3, 0.4) is 0 Å². The highest BCUT2D eigenvalue weighted by atomic mass is 127. The first-order chi connectivity index (χ1) is 6.75. The minimum Gasteiger partial charge on any atom is -0.373 e. The van der Waals surface area contributed by atoms with Crippen molar-refractivity contribution >= 4 is 22.6 Å². The van der Waals surface area contributed by atoms with Gasteiger partial charge in [0, 0.05) is 22.4 Å². The van der Waals surface area contributed by atoms with E-state index in [-0.39, 0.29) is 6.10 Å². The summed E-state index contributed by atoms with van der Waals surface area (Å²) in [5, 5.41) is 0. The molecular weight excluding hydrogens is 289 g/mol. The van der Waals surface area contributed by atoms with Crippen LogP contribution in [-0.2, 0) is 4.74 Å². The van der Waals surface area contributed by atoms with Gasteiger partial charge in [-0.1, -0.05) is 22.6 Å². The van der Waals surface area contributed by atoms with E-state index in [1.54, 1.807) is 0 Å². The van der Waals surface area contributed by atoms with Gasteiger partial charge in [-0.2, -0.15) is 0 Å². The fraction of sp³-hybridized carbons (Fsp3) is 0.545. The maximum absolute atomic E-state index is 5.76. The Morgan fingerprint density at radius 2 is 2.43 bits per heavy atom. The number of ether oxygens (including phenoxy) is 1. The van der Waals surface area contributed by atoms with Gasteiger partial charge >= 0.3 is 0 Å². The third kappa shape index (κ3) is 2.45. The summed E-state index contributed by atoms with van der Waals surface area (Å²) in [6.45, 7) is 2.91. The van der Waals surface area contributed by atoms with E-state index in [1.807, 2.05) is 13.1 Å². The van der Waals surface area contributed by atoms with Crippen molar-refractivity contribution in [2.45, 2.75) is 29.8 Å². The Morgan fingerprint density at radius 3 is 3.14 bits per heavy atom. The molecule has 2 nitrogen and oxygen atoms in total.